The predicted molar refractivity (Wildman–Crippen MR) is 71.6 cm³/mol. The van der Waals surface area contributed by atoms with Gasteiger partial charge in [-0.15, -0.1) is 0 Å². The molecule has 0 bridgehead atoms. The Labute approximate surface area is 113 Å². The molecule has 0 saturated carbocycles. The predicted octanol–water partition coefficient (Wildman–Crippen LogP) is 2.10. The van der Waals surface area contributed by atoms with Crippen LogP contribution < -0.4 is 0 Å². The van der Waals surface area contributed by atoms with Crippen molar-refractivity contribution in [1.82, 2.24) is 4.90 Å². The molecule has 1 fully saturated rings. The van der Waals surface area contributed by atoms with E-state index in [1.54, 1.807) is 12.1 Å². The number of aliphatic hydroxyl groups excluding tert-OH is 1. The van der Waals surface area contributed by atoms with Crippen LogP contribution in [0.5, 0.6) is 0 Å². The molecular formula is C15H20FNO2. The molecule has 1 N–H and O–H groups in total. The van der Waals surface area contributed by atoms with E-state index in [0.717, 1.165) is 13.0 Å². The zero-order valence-corrected chi connectivity index (χ0v) is 11.2. The zero-order chi connectivity index (χ0) is 13.8. The number of carbonyl (C=O) groups excluding carboxylic acids is 1. The molecule has 1 aromatic rings. The number of Topliss-reactive ketones (excluding diaryl/α,β-unsaturated/α-hetero) is 1. The highest BCUT2D eigenvalue weighted by Crippen LogP contribution is 2.23. The Morgan fingerprint density at radius 2 is 2.21 bits per heavy atom. The fraction of sp³-hybridized carbons (Fsp3) is 0.533. The highest BCUT2D eigenvalue weighted by molar-refractivity contribution is 5.96. The molecule has 2 unspecified atom stereocenters. The smallest absolute Gasteiger partial charge is 0.167 e. The SMILES string of the molecule is CC1CCN(CCC(=O)c2ccccc2F)C1CO. The number of halogens is 1. The lowest BCUT2D eigenvalue weighted by Gasteiger charge is -2.24. The second-order valence-electron chi connectivity index (χ2n) is 5.20. The van der Waals surface area contributed by atoms with Crippen molar-refractivity contribution in [2.45, 2.75) is 25.8 Å². The first kappa shape index (κ1) is 14.2. The molecule has 2 rings (SSSR count). The number of hydrogen-bond acceptors (Lipinski definition) is 3. The fourth-order valence-corrected chi connectivity index (χ4v) is 2.73. The van der Waals surface area contributed by atoms with E-state index in [9.17, 15) is 14.3 Å². The van der Waals surface area contributed by atoms with Gasteiger partial charge in [-0.05, 0) is 31.0 Å². The lowest BCUT2D eigenvalue weighted by atomic mass is 10.0. The first-order valence-corrected chi connectivity index (χ1v) is 6.76. The maximum Gasteiger partial charge on any atom is 0.167 e. The summed E-state index contributed by atoms with van der Waals surface area (Å²) in [7, 11) is 0. The van der Waals surface area contributed by atoms with E-state index in [1.807, 2.05) is 0 Å². The number of carbonyl (C=O) groups is 1. The van der Waals surface area contributed by atoms with Crippen molar-refractivity contribution in [1.29, 1.82) is 0 Å². The molecule has 4 heteroatoms. The van der Waals surface area contributed by atoms with Gasteiger partial charge in [0, 0.05) is 19.0 Å². The molecule has 19 heavy (non-hydrogen) atoms. The van der Waals surface area contributed by atoms with Crippen LogP contribution in [-0.2, 0) is 0 Å². The number of hydrogen-bond donors (Lipinski definition) is 1. The Bertz CT molecular complexity index is 450. The minimum Gasteiger partial charge on any atom is -0.395 e. The van der Waals surface area contributed by atoms with Crippen molar-refractivity contribution in [3.8, 4) is 0 Å². The Hall–Kier alpha value is -1.26. The summed E-state index contributed by atoms with van der Waals surface area (Å²) in [6.45, 7) is 3.72. The van der Waals surface area contributed by atoms with Gasteiger partial charge in [-0.1, -0.05) is 19.1 Å². The molecule has 104 valence electrons. The Kier molecular flexibility index (Phi) is 4.66. The third-order valence-corrected chi connectivity index (χ3v) is 3.98. The number of rotatable bonds is 5. The lowest BCUT2D eigenvalue weighted by Crippen LogP contribution is -2.36. The van der Waals surface area contributed by atoms with Crippen LogP contribution in [0.15, 0.2) is 24.3 Å². The second kappa shape index (κ2) is 6.26. The summed E-state index contributed by atoms with van der Waals surface area (Å²) in [5.41, 5.74) is 0.162. The maximum absolute atomic E-state index is 13.5. The van der Waals surface area contributed by atoms with Gasteiger partial charge in [0.2, 0.25) is 0 Å². The van der Waals surface area contributed by atoms with Crippen LogP contribution >= 0.6 is 0 Å². The first-order valence-electron chi connectivity index (χ1n) is 6.76. The first-order chi connectivity index (χ1) is 9.13. The summed E-state index contributed by atoms with van der Waals surface area (Å²) in [6, 6.07) is 6.21. The largest absolute Gasteiger partial charge is 0.395 e. The van der Waals surface area contributed by atoms with Crippen LogP contribution in [0.3, 0.4) is 0 Å². The van der Waals surface area contributed by atoms with E-state index < -0.39 is 5.82 Å². The van der Waals surface area contributed by atoms with Crippen LogP contribution in [0.4, 0.5) is 4.39 Å². The van der Waals surface area contributed by atoms with Crippen molar-refractivity contribution in [2.24, 2.45) is 5.92 Å². The Morgan fingerprint density at radius 1 is 1.47 bits per heavy atom. The summed E-state index contributed by atoms with van der Waals surface area (Å²) in [5, 5.41) is 9.35. The molecule has 2 atom stereocenters. The molecule has 1 aliphatic heterocycles. The normalized spacial score (nSPS) is 23.7. The van der Waals surface area contributed by atoms with Gasteiger partial charge in [0.15, 0.2) is 5.78 Å². The molecule has 0 amide bonds. The van der Waals surface area contributed by atoms with Gasteiger partial charge in [0.25, 0.3) is 0 Å². The maximum atomic E-state index is 13.5. The summed E-state index contributed by atoms with van der Waals surface area (Å²) >= 11 is 0. The number of benzene rings is 1. The topological polar surface area (TPSA) is 40.5 Å². The minimum absolute atomic E-state index is 0.120. The van der Waals surface area contributed by atoms with Crippen LogP contribution in [0, 0.1) is 11.7 Å². The molecule has 0 spiro atoms. The molecule has 1 saturated heterocycles. The average molecular weight is 265 g/mol. The van der Waals surface area contributed by atoms with Gasteiger partial charge in [-0.2, -0.15) is 0 Å². The Balaban J connectivity index is 1.92. The molecule has 1 aromatic carbocycles. The van der Waals surface area contributed by atoms with E-state index in [-0.39, 0.29) is 24.0 Å². The summed E-state index contributed by atoms with van der Waals surface area (Å²) in [4.78, 5) is 14.1. The van der Waals surface area contributed by atoms with Gasteiger partial charge < -0.3 is 5.11 Å². The van der Waals surface area contributed by atoms with E-state index in [1.165, 1.54) is 12.1 Å². The van der Waals surface area contributed by atoms with Gasteiger partial charge in [-0.25, -0.2) is 4.39 Å². The van der Waals surface area contributed by atoms with Crippen LogP contribution in [0.2, 0.25) is 0 Å². The number of likely N-dealkylation sites (tertiary alicyclic amines) is 1. The number of ketones is 1. The van der Waals surface area contributed by atoms with E-state index in [2.05, 4.69) is 11.8 Å². The van der Waals surface area contributed by atoms with Gasteiger partial charge in [0.1, 0.15) is 5.82 Å². The highest BCUT2D eigenvalue weighted by Gasteiger charge is 2.30. The minimum atomic E-state index is -0.457. The van der Waals surface area contributed by atoms with Gasteiger partial charge in [-0.3, -0.25) is 9.69 Å². The van der Waals surface area contributed by atoms with Crippen molar-refractivity contribution in [3.63, 3.8) is 0 Å². The van der Waals surface area contributed by atoms with Crippen LogP contribution in [-0.4, -0.2) is 41.5 Å². The molecule has 1 aliphatic rings. The monoisotopic (exact) mass is 265 g/mol. The molecule has 1 heterocycles. The number of aliphatic hydroxyl groups is 1. The lowest BCUT2D eigenvalue weighted by molar-refractivity contribution is 0.0930. The van der Waals surface area contributed by atoms with E-state index in [4.69, 9.17) is 0 Å². The standard InChI is InChI=1S/C15H20FNO2/c1-11-6-8-17(14(11)10-18)9-7-15(19)12-4-2-3-5-13(12)16/h2-5,11,14,18H,6-10H2,1H3. The molecule has 0 radical (unpaired) electrons. The van der Waals surface area contributed by atoms with E-state index >= 15 is 0 Å². The summed E-state index contributed by atoms with van der Waals surface area (Å²) in [6.07, 6.45) is 1.34. The van der Waals surface area contributed by atoms with Gasteiger partial charge >= 0.3 is 0 Å². The van der Waals surface area contributed by atoms with Crippen LogP contribution in [0.1, 0.15) is 30.1 Å². The van der Waals surface area contributed by atoms with Crippen LogP contribution in [0.25, 0.3) is 0 Å². The molecule has 0 aliphatic carbocycles. The molecular weight excluding hydrogens is 245 g/mol. The average Bonchev–Trinajstić information content (AvgIpc) is 2.77. The van der Waals surface area contributed by atoms with Gasteiger partial charge in [0.05, 0.1) is 12.2 Å². The quantitative estimate of drug-likeness (QED) is 0.829. The van der Waals surface area contributed by atoms with Crippen molar-refractivity contribution < 1.29 is 14.3 Å². The molecule has 3 nitrogen and oxygen atoms in total. The Morgan fingerprint density at radius 3 is 2.89 bits per heavy atom. The second-order valence-corrected chi connectivity index (χ2v) is 5.20. The van der Waals surface area contributed by atoms with Crippen molar-refractivity contribution in [2.75, 3.05) is 19.7 Å². The fourth-order valence-electron chi connectivity index (χ4n) is 2.73. The number of nitrogens with zero attached hydrogens (tertiary/aromatic N) is 1. The van der Waals surface area contributed by atoms with E-state index in [0.29, 0.717) is 18.9 Å². The molecule has 0 aromatic heterocycles. The highest BCUT2D eigenvalue weighted by atomic mass is 19.1. The summed E-state index contributed by atoms with van der Waals surface area (Å²) < 4.78 is 13.5. The van der Waals surface area contributed by atoms with Crippen molar-refractivity contribution >= 4 is 5.78 Å². The summed E-state index contributed by atoms with van der Waals surface area (Å²) in [5.74, 6) is -0.177. The zero-order valence-electron chi connectivity index (χ0n) is 11.2. The third kappa shape index (κ3) is 3.19. The van der Waals surface area contributed by atoms with Crippen molar-refractivity contribution in [3.05, 3.63) is 35.6 Å². The third-order valence-electron chi connectivity index (χ3n) is 3.98.